The molecule has 0 aliphatic heterocycles. The predicted molar refractivity (Wildman–Crippen MR) is 122 cm³/mol. The predicted octanol–water partition coefficient (Wildman–Crippen LogP) is 3.67. The van der Waals surface area contributed by atoms with E-state index in [1.54, 1.807) is 19.1 Å². The summed E-state index contributed by atoms with van der Waals surface area (Å²) in [5.41, 5.74) is 2.52. The summed E-state index contributed by atoms with van der Waals surface area (Å²) in [6, 6.07) is 9.20. The molecule has 3 aromatic rings. The molecule has 0 saturated carbocycles. The van der Waals surface area contributed by atoms with Gasteiger partial charge in [-0.05, 0) is 50.6 Å². The summed E-state index contributed by atoms with van der Waals surface area (Å²) in [6.07, 6.45) is 0. The molecule has 2 amide bonds. The summed E-state index contributed by atoms with van der Waals surface area (Å²) in [7, 11) is 0. The van der Waals surface area contributed by atoms with Crippen LogP contribution in [0.4, 0.5) is 15.8 Å². The summed E-state index contributed by atoms with van der Waals surface area (Å²) >= 11 is 1.01. The Bertz CT molecular complexity index is 1240. The summed E-state index contributed by atoms with van der Waals surface area (Å²) in [5, 5.41) is 13.0. The van der Waals surface area contributed by atoms with E-state index >= 15 is 0 Å². The van der Waals surface area contributed by atoms with Gasteiger partial charge in [0.05, 0.1) is 10.9 Å². The van der Waals surface area contributed by atoms with Crippen LogP contribution in [0.25, 0.3) is 11.3 Å². The molecule has 0 radical (unpaired) electrons. The van der Waals surface area contributed by atoms with E-state index in [0.717, 1.165) is 22.9 Å². The Morgan fingerprint density at radius 3 is 2.53 bits per heavy atom. The second kappa shape index (κ2) is 9.73. The number of halogens is 1. The van der Waals surface area contributed by atoms with Crippen LogP contribution in [-0.4, -0.2) is 32.2 Å². The Labute approximate surface area is 188 Å². The lowest BCUT2D eigenvalue weighted by molar-refractivity contribution is -0.115. The number of aryl methyl sites for hydroxylation is 2. The maximum atomic E-state index is 13.3. The van der Waals surface area contributed by atoms with Crippen LogP contribution < -0.4 is 16.2 Å². The first-order valence-electron chi connectivity index (χ1n) is 9.73. The molecule has 0 saturated heterocycles. The standard InChI is InChI=1S/C22H22FN5O3S/c1-11-8-12(2)18(24-14(4)29)17(9-11)19-21(31)26-22(28-27-19)32-13(3)20(30)25-16-7-5-6-15(23)10-16/h5-10,13H,1-4H3,(H,24,29)(H,25,30)(H,26,28,31). The van der Waals surface area contributed by atoms with Crippen molar-refractivity contribution in [2.24, 2.45) is 0 Å². The van der Waals surface area contributed by atoms with E-state index in [0.29, 0.717) is 16.9 Å². The number of rotatable bonds is 6. The smallest absolute Gasteiger partial charge is 0.278 e. The summed E-state index contributed by atoms with van der Waals surface area (Å²) in [6.45, 7) is 6.71. The maximum absolute atomic E-state index is 13.3. The number of hydrogen-bond donors (Lipinski definition) is 3. The lowest BCUT2D eigenvalue weighted by atomic mass is 10.0. The highest BCUT2D eigenvalue weighted by atomic mass is 32.2. The van der Waals surface area contributed by atoms with E-state index in [2.05, 4.69) is 25.8 Å². The average molecular weight is 456 g/mol. The van der Waals surface area contributed by atoms with Crippen LogP contribution in [0.5, 0.6) is 0 Å². The molecule has 3 N–H and O–H groups in total. The van der Waals surface area contributed by atoms with Crippen molar-refractivity contribution >= 4 is 35.0 Å². The van der Waals surface area contributed by atoms with Crippen LogP contribution in [0, 0.1) is 19.7 Å². The minimum atomic E-state index is -0.634. The first kappa shape index (κ1) is 23.1. The third-order valence-electron chi connectivity index (χ3n) is 4.46. The third-order valence-corrected chi connectivity index (χ3v) is 5.44. The molecule has 0 bridgehead atoms. The monoisotopic (exact) mass is 455 g/mol. The van der Waals surface area contributed by atoms with Gasteiger partial charge in [-0.15, -0.1) is 10.2 Å². The highest BCUT2D eigenvalue weighted by Gasteiger charge is 2.19. The van der Waals surface area contributed by atoms with Gasteiger partial charge in [0, 0.05) is 18.2 Å². The molecule has 8 nitrogen and oxygen atoms in total. The van der Waals surface area contributed by atoms with Crippen molar-refractivity contribution in [3.63, 3.8) is 0 Å². The first-order chi connectivity index (χ1) is 15.1. The third kappa shape index (κ3) is 5.58. The molecule has 1 unspecified atom stereocenters. The van der Waals surface area contributed by atoms with Gasteiger partial charge < -0.3 is 10.6 Å². The van der Waals surface area contributed by atoms with E-state index < -0.39 is 16.6 Å². The largest absolute Gasteiger partial charge is 0.325 e. The minimum Gasteiger partial charge on any atom is -0.325 e. The number of benzene rings is 2. The molecule has 1 heterocycles. The fourth-order valence-electron chi connectivity index (χ4n) is 3.08. The van der Waals surface area contributed by atoms with Crippen LogP contribution in [-0.2, 0) is 9.59 Å². The second-order valence-electron chi connectivity index (χ2n) is 7.25. The number of H-pyrrole nitrogens is 1. The van der Waals surface area contributed by atoms with Crippen LogP contribution in [0.15, 0.2) is 46.3 Å². The molecule has 32 heavy (non-hydrogen) atoms. The van der Waals surface area contributed by atoms with Crippen molar-refractivity contribution in [1.82, 2.24) is 15.2 Å². The van der Waals surface area contributed by atoms with Gasteiger partial charge >= 0.3 is 0 Å². The molecule has 0 aliphatic rings. The molecular formula is C22H22FN5O3S. The number of nitrogens with zero attached hydrogens (tertiary/aromatic N) is 2. The number of carbonyl (C=O) groups excluding carboxylic acids is 2. The molecule has 1 aromatic heterocycles. The van der Waals surface area contributed by atoms with Gasteiger partial charge in [-0.25, -0.2) is 4.39 Å². The zero-order valence-corrected chi connectivity index (χ0v) is 18.8. The summed E-state index contributed by atoms with van der Waals surface area (Å²) < 4.78 is 13.3. The van der Waals surface area contributed by atoms with Crippen LogP contribution in [0.2, 0.25) is 0 Å². The molecule has 3 rings (SSSR count). The van der Waals surface area contributed by atoms with Gasteiger partial charge in [0.25, 0.3) is 5.56 Å². The topological polar surface area (TPSA) is 117 Å². The van der Waals surface area contributed by atoms with Crippen molar-refractivity contribution in [2.75, 3.05) is 10.6 Å². The Kier molecular flexibility index (Phi) is 7.04. The average Bonchev–Trinajstić information content (AvgIpc) is 2.70. The van der Waals surface area contributed by atoms with Crippen molar-refractivity contribution in [1.29, 1.82) is 0 Å². The van der Waals surface area contributed by atoms with Crippen LogP contribution in [0.1, 0.15) is 25.0 Å². The van der Waals surface area contributed by atoms with Crippen molar-refractivity contribution in [2.45, 2.75) is 38.1 Å². The normalized spacial score (nSPS) is 11.7. The minimum absolute atomic E-state index is 0.0572. The van der Waals surface area contributed by atoms with E-state index in [9.17, 15) is 18.8 Å². The lowest BCUT2D eigenvalue weighted by Gasteiger charge is -2.14. The van der Waals surface area contributed by atoms with Gasteiger partial charge in [0.2, 0.25) is 11.8 Å². The molecule has 10 heteroatoms. The fourth-order valence-corrected chi connectivity index (χ4v) is 3.82. The SMILES string of the molecule is CC(=O)Nc1c(C)cc(C)cc1-c1nnc(SC(C)C(=O)Nc2cccc(F)c2)[nH]c1=O. The molecule has 0 fully saturated rings. The van der Waals surface area contributed by atoms with Gasteiger partial charge in [0.1, 0.15) is 5.82 Å². The highest BCUT2D eigenvalue weighted by molar-refractivity contribution is 8.00. The van der Waals surface area contributed by atoms with Crippen LogP contribution in [0.3, 0.4) is 0 Å². The number of thioether (sulfide) groups is 1. The first-order valence-corrected chi connectivity index (χ1v) is 10.6. The van der Waals surface area contributed by atoms with Gasteiger partial charge in [0.15, 0.2) is 10.9 Å². The Morgan fingerprint density at radius 2 is 1.88 bits per heavy atom. The Balaban J connectivity index is 1.82. The van der Waals surface area contributed by atoms with Gasteiger partial charge in [-0.3, -0.25) is 19.4 Å². The Hall–Kier alpha value is -3.53. The molecule has 166 valence electrons. The number of aromatic amines is 1. The highest BCUT2D eigenvalue weighted by Crippen LogP contribution is 2.30. The van der Waals surface area contributed by atoms with Gasteiger partial charge in [-0.1, -0.05) is 29.5 Å². The van der Waals surface area contributed by atoms with E-state index in [1.807, 2.05) is 19.9 Å². The summed E-state index contributed by atoms with van der Waals surface area (Å²) in [4.78, 5) is 39.4. The van der Waals surface area contributed by atoms with Crippen LogP contribution >= 0.6 is 11.8 Å². The maximum Gasteiger partial charge on any atom is 0.278 e. The van der Waals surface area contributed by atoms with E-state index in [1.165, 1.54) is 25.1 Å². The molecule has 0 spiro atoms. The zero-order chi connectivity index (χ0) is 23.4. The van der Waals surface area contributed by atoms with Crippen molar-refractivity contribution < 1.29 is 14.0 Å². The summed E-state index contributed by atoms with van der Waals surface area (Å²) in [5.74, 6) is -1.11. The quantitative estimate of drug-likeness (QED) is 0.489. The van der Waals surface area contributed by atoms with Crippen molar-refractivity contribution in [3.8, 4) is 11.3 Å². The molecule has 2 aromatic carbocycles. The van der Waals surface area contributed by atoms with Crippen molar-refractivity contribution in [3.05, 3.63) is 63.7 Å². The fraction of sp³-hybridized carbons (Fsp3) is 0.227. The lowest BCUT2D eigenvalue weighted by Crippen LogP contribution is -2.24. The molecular weight excluding hydrogens is 433 g/mol. The Morgan fingerprint density at radius 1 is 1.12 bits per heavy atom. The number of hydrogen-bond acceptors (Lipinski definition) is 6. The van der Waals surface area contributed by atoms with E-state index in [-0.39, 0.29) is 22.7 Å². The number of aromatic nitrogens is 3. The number of amides is 2. The molecule has 1 atom stereocenters. The second-order valence-corrected chi connectivity index (χ2v) is 8.58. The molecule has 0 aliphatic carbocycles. The van der Waals surface area contributed by atoms with E-state index in [4.69, 9.17) is 0 Å². The number of carbonyl (C=O) groups is 2. The number of anilines is 2. The van der Waals surface area contributed by atoms with Gasteiger partial charge in [-0.2, -0.15) is 0 Å². The number of nitrogens with one attached hydrogen (secondary N) is 3. The zero-order valence-electron chi connectivity index (χ0n) is 17.9.